The van der Waals surface area contributed by atoms with E-state index in [1.165, 1.54) is 6.92 Å². The first-order valence-corrected chi connectivity index (χ1v) is 4.74. The van der Waals surface area contributed by atoms with Crippen molar-refractivity contribution in [1.82, 2.24) is 5.32 Å². The maximum Gasteiger partial charge on any atom is 0.242 e. The van der Waals surface area contributed by atoms with Gasteiger partial charge in [-0.05, 0) is 6.92 Å². The number of aliphatic hydroxyl groups excluding tert-OH is 1. The van der Waals surface area contributed by atoms with Gasteiger partial charge in [-0.15, -0.1) is 0 Å². The minimum absolute atomic E-state index is 0.533. The van der Waals surface area contributed by atoms with Crippen molar-refractivity contribution in [1.29, 1.82) is 0 Å². The second kappa shape index (κ2) is 4.77. The number of alkyl halides is 1. The molecule has 1 aliphatic rings. The zero-order valence-electron chi connectivity index (χ0n) is 8.76. The van der Waals surface area contributed by atoms with Gasteiger partial charge in [0, 0.05) is 12.3 Å². The molecule has 92 valence electrons. The number of rotatable bonds is 4. The van der Waals surface area contributed by atoms with Crippen LogP contribution in [0.2, 0.25) is 0 Å². The molecule has 5 N–H and O–H groups in total. The van der Waals surface area contributed by atoms with Gasteiger partial charge in [0.05, 0.1) is 6.61 Å². The summed E-state index contributed by atoms with van der Waals surface area (Å²) in [6.45, 7) is 0.706. The Hall–Kier alpha value is -1.18. The molecule has 1 aliphatic heterocycles. The second-order valence-electron chi connectivity index (χ2n) is 3.77. The molecule has 0 aromatic carbocycles. The van der Waals surface area contributed by atoms with E-state index in [2.05, 4.69) is 5.32 Å². The Morgan fingerprint density at radius 3 is 2.81 bits per heavy atom. The van der Waals surface area contributed by atoms with Gasteiger partial charge in [-0.25, -0.2) is 4.39 Å². The van der Waals surface area contributed by atoms with Gasteiger partial charge in [-0.3, -0.25) is 4.79 Å². The molecular formula is C9H15FN2O4. The number of nitrogens with two attached hydrogens (primary N) is 1. The monoisotopic (exact) mass is 234 g/mol. The lowest BCUT2D eigenvalue weighted by Crippen LogP contribution is -2.48. The fourth-order valence-electron chi connectivity index (χ4n) is 1.46. The predicted octanol–water partition coefficient (Wildman–Crippen LogP) is -1.62. The van der Waals surface area contributed by atoms with E-state index in [-0.39, 0.29) is 0 Å². The summed E-state index contributed by atoms with van der Waals surface area (Å²) in [4.78, 5) is 10.4. The highest BCUT2D eigenvalue weighted by Crippen LogP contribution is 2.31. The molecule has 0 spiro atoms. The van der Waals surface area contributed by atoms with Crippen LogP contribution in [0.4, 0.5) is 4.39 Å². The van der Waals surface area contributed by atoms with Crippen molar-refractivity contribution in [3.8, 4) is 0 Å². The van der Waals surface area contributed by atoms with Crippen LogP contribution in [-0.2, 0) is 9.53 Å². The predicted molar refractivity (Wildman–Crippen MR) is 52.7 cm³/mol. The summed E-state index contributed by atoms with van der Waals surface area (Å²) in [6.07, 6.45) is -1.67. The average Bonchev–Trinajstić information content (AvgIpc) is 2.41. The van der Waals surface area contributed by atoms with Crippen LogP contribution in [0.1, 0.15) is 6.92 Å². The highest BCUT2D eigenvalue weighted by molar-refractivity contribution is 5.85. The lowest BCUT2D eigenvalue weighted by Gasteiger charge is -2.25. The normalized spacial score (nSPS) is 39.1. The van der Waals surface area contributed by atoms with Crippen molar-refractivity contribution >= 4 is 5.91 Å². The van der Waals surface area contributed by atoms with Crippen LogP contribution in [0, 0.1) is 0 Å². The van der Waals surface area contributed by atoms with E-state index in [0.29, 0.717) is 0 Å². The van der Waals surface area contributed by atoms with Gasteiger partial charge in [0.2, 0.25) is 5.91 Å². The SMILES string of the molecule is C[C@]1(O)[C@H](N/C=C\C(N)=O)O[C@H](CO)[C@H]1F. The largest absolute Gasteiger partial charge is 0.394 e. The summed E-state index contributed by atoms with van der Waals surface area (Å²) in [6, 6.07) is 0. The third kappa shape index (κ3) is 2.49. The lowest BCUT2D eigenvalue weighted by atomic mass is 9.98. The van der Waals surface area contributed by atoms with Crippen LogP contribution in [0.15, 0.2) is 12.3 Å². The average molecular weight is 234 g/mol. The zero-order chi connectivity index (χ0) is 12.3. The third-order valence-electron chi connectivity index (χ3n) is 2.40. The van der Waals surface area contributed by atoms with Crippen LogP contribution < -0.4 is 11.1 Å². The fraction of sp³-hybridized carbons (Fsp3) is 0.667. The first-order chi connectivity index (χ1) is 7.39. The van der Waals surface area contributed by atoms with Gasteiger partial charge in [-0.2, -0.15) is 0 Å². The van der Waals surface area contributed by atoms with Crippen molar-refractivity contribution in [2.45, 2.75) is 31.0 Å². The maximum atomic E-state index is 13.5. The maximum absolute atomic E-state index is 13.5. The minimum Gasteiger partial charge on any atom is -0.394 e. The third-order valence-corrected chi connectivity index (χ3v) is 2.40. The van der Waals surface area contributed by atoms with Crippen LogP contribution in [-0.4, -0.2) is 46.8 Å². The molecule has 0 aromatic heterocycles. The highest BCUT2D eigenvalue weighted by atomic mass is 19.1. The first-order valence-electron chi connectivity index (χ1n) is 4.74. The number of halogens is 1. The van der Waals surface area contributed by atoms with E-state index < -0.39 is 36.6 Å². The van der Waals surface area contributed by atoms with Crippen LogP contribution >= 0.6 is 0 Å². The minimum atomic E-state index is -1.78. The lowest BCUT2D eigenvalue weighted by molar-refractivity contribution is -0.113. The molecule has 4 atom stereocenters. The summed E-state index contributed by atoms with van der Waals surface area (Å²) in [5.41, 5.74) is 3.06. The Morgan fingerprint density at radius 1 is 1.75 bits per heavy atom. The molecule has 1 fully saturated rings. The molecule has 6 nitrogen and oxygen atoms in total. The molecule has 1 saturated heterocycles. The summed E-state index contributed by atoms with van der Waals surface area (Å²) >= 11 is 0. The number of aliphatic hydroxyl groups is 2. The Kier molecular flexibility index (Phi) is 3.84. The quantitative estimate of drug-likeness (QED) is 0.438. The summed E-state index contributed by atoms with van der Waals surface area (Å²) in [5, 5.41) is 21.1. The van der Waals surface area contributed by atoms with Crippen molar-refractivity contribution in [2.24, 2.45) is 5.73 Å². The molecule has 0 radical (unpaired) electrons. The Balaban J connectivity index is 2.64. The highest BCUT2D eigenvalue weighted by Gasteiger charge is 2.53. The van der Waals surface area contributed by atoms with E-state index >= 15 is 0 Å². The molecule has 1 heterocycles. The standard InChI is InChI=1S/C9H15FN2O4/c1-9(15)7(10)5(4-13)16-8(9)12-3-2-6(11)14/h2-3,5,7-8,12-13,15H,4H2,1H3,(H2,11,14)/b3-2-/t5-,7-,8-,9-/m1/s1. The Bertz CT molecular complexity index is 295. The number of ether oxygens (including phenoxy) is 1. The molecule has 0 bridgehead atoms. The smallest absolute Gasteiger partial charge is 0.242 e. The number of nitrogens with one attached hydrogen (secondary N) is 1. The van der Waals surface area contributed by atoms with Crippen LogP contribution in [0.5, 0.6) is 0 Å². The van der Waals surface area contributed by atoms with Crippen molar-refractivity contribution in [3.63, 3.8) is 0 Å². The van der Waals surface area contributed by atoms with Gasteiger partial charge in [0.1, 0.15) is 11.7 Å². The number of hydrogen-bond acceptors (Lipinski definition) is 5. The van der Waals surface area contributed by atoms with Crippen molar-refractivity contribution in [2.75, 3.05) is 6.61 Å². The van der Waals surface area contributed by atoms with E-state index in [0.717, 1.165) is 12.3 Å². The van der Waals surface area contributed by atoms with Crippen molar-refractivity contribution in [3.05, 3.63) is 12.3 Å². The molecule has 7 heteroatoms. The summed E-state index contributed by atoms with van der Waals surface area (Å²) in [5.74, 6) is -0.680. The summed E-state index contributed by atoms with van der Waals surface area (Å²) < 4.78 is 18.5. The second-order valence-corrected chi connectivity index (χ2v) is 3.77. The number of carbonyl (C=O) groups excluding carboxylic acids is 1. The zero-order valence-corrected chi connectivity index (χ0v) is 8.76. The van der Waals surface area contributed by atoms with E-state index in [1.807, 2.05) is 0 Å². The fourth-order valence-corrected chi connectivity index (χ4v) is 1.46. The van der Waals surface area contributed by atoms with Crippen LogP contribution in [0.25, 0.3) is 0 Å². The van der Waals surface area contributed by atoms with Gasteiger partial charge < -0.3 is 26.0 Å². The van der Waals surface area contributed by atoms with Gasteiger partial charge in [0.15, 0.2) is 12.4 Å². The molecular weight excluding hydrogens is 219 g/mol. The van der Waals surface area contributed by atoms with Gasteiger partial charge in [-0.1, -0.05) is 0 Å². The number of primary amides is 1. The van der Waals surface area contributed by atoms with Crippen molar-refractivity contribution < 1.29 is 24.1 Å². The molecule has 0 aromatic rings. The van der Waals surface area contributed by atoms with Gasteiger partial charge in [0.25, 0.3) is 0 Å². The number of amides is 1. The molecule has 1 amide bonds. The van der Waals surface area contributed by atoms with Crippen LogP contribution in [0.3, 0.4) is 0 Å². The number of carbonyl (C=O) groups is 1. The summed E-state index contributed by atoms with van der Waals surface area (Å²) in [7, 11) is 0. The topological polar surface area (TPSA) is 105 Å². The molecule has 1 rings (SSSR count). The molecule has 16 heavy (non-hydrogen) atoms. The van der Waals surface area contributed by atoms with E-state index in [1.54, 1.807) is 0 Å². The molecule has 0 aliphatic carbocycles. The first kappa shape index (κ1) is 12.9. The van der Waals surface area contributed by atoms with Gasteiger partial charge >= 0.3 is 0 Å². The number of hydrogen-bond donors (Lipinski definition) is 4. The molecule has 0 unspecified atom stereocenters. The van der Waals surface area contributed by atoms with E-state index in [9.17, 15) is 14.3 Å². The van der Waals surface area contributed by atoms with E-state index in [4.69, 9.17) is 15.6 Å². The molecule has 0 saturated carbocycles. The Labute approximate surface area is 91.9 Å². The Morgan fingerprint density at radius 2 is 2.38 bits per heavy atom.